The van der Waals surface area contributed by atoms with E-state index < -0.39 is 0 Å². The van der Waals surface area contributed by atoms with Gasteiger partial charge in [-0.3, -0.25) is 4.79 Å². The Morgan fingerprint density at radius 3 is 2.54 bits per heavy atom. The highest BCUT2D eigenvalue weighted by atomic mass is 32.2. The van der Waals surface area contributed by atoms with Crippen molar-refractivity contribution in [3.8, 4) is 0 Å². The Morgan fingerprint density at radius 2 is 1.92 bits per heavy atom. The molecule has 0 bridgehead atoms. The smallest absolute Gasteiger partial charge is 0.227 e. The lowest BCUT2D eigenvalue weighted by Crippen LogP contribution is -2.31. The van der Waals surface area contributed by atoms with E-state index >= 15 is 0 Å². The number of furan rings is 1. The molecular weight excluding hydrogens is 362 g/mol. The lowest BCUT2D eigenvalue weighted by Gasteiger charge is -2.21. The van der Waals surface area contributed by atoms with Crippen molar-refractivity contribution in [1.29, 1.82) is 0 Å². The average Bonchev–Trinajstić information content (AvgIpc) is 3.29. The average molecular weight is 386 g/mol. The van der Waals surface area contributed by atoms with E-state index in [1.54, 1.807) is 17.6 Å². The summed E-state index contributed by atoms with van der Waals surface area (Å²) in [4.78, 5) is 16.0. The molecule has 0 N–H and O–H groups in total. The zero-order valence-electron chi connectivity index (χ0n) is 15.1. The van der Waals surface area contributed by atoms with Crippen molar-refractivity contribution in [1.82, 2.24) is 4.90 Å². The van der Waals surface area contributed by atoms with Crippen LogP contribution in [0.2, 0.25) is 0 Å². The molecule has 0 radical (unpaired) electrons. The highest BCUT2D eigenvalue weighted by Gasteiger charge is 2.17. The zero-order valence-corrected chi connectivity index (χ0v) is 16.7. The van der Waals surface area contributed by atoms with Crippen LogP contribution >= 0.6 is 23.1 Å². The van der Waals surface area contributed by atoms with Crippen molar-refractivity contribution in [3.05, 3.63) is 76.4 Å². The molecule has 1 aromatic carbocycles. The minimum atomic E-state index is 0.108. The molecule has 0 spiro atoms. The monoisotopic (exact) mass is 385 g/mol. The van der Waals surface area contributed by atoms with E-state index in [1.165, 1.54) is 4.90 Å². The minimum absolute atomic E-state index is 0.108. The molecule has 0 saturated carbocycles. The lowest BCUT2D eigenvalue weighted by molar-refractivity contribution is -0.132. The molecule has 3 rings (SSSR count). The van der Waals surface area contributed by atoms with Gasteiger partial charge in [0.15, 0.2) is 0 Å². The molecule has 0 aliphatic heterocycles. The van der Waals surface area contributed by atoms with Crippen molar-refractivity contribution in [2.45, 2.75) is 43.5 Å². The van der Waals surface area contributed by atoms with Gasteiger partial charge in [-0.15, -0.1) is 11.8 Å². The molecule has 0 saturated heterocycles. The maximum Gasteiger partial charge on any atom is 0.227 e. The van der Waals surface area contributed by atoms with Crippen molar-refractivity contribution in [2.75, 3.05) is 0 Å². The summed E-state index contributed by atoms with van der Waals surface area (Å²) in [6.07, 6.45) is 2.05. The van der Waals surface area contributed by atoms with E-state index in [1.807, 2.05) is 34.2 Å². The molecule has 3 nitrogen and oxygen atoms in total. The third-order valence-electron chi connectivity index (χ3n) is 3.88. The molecule has 136 valence electrons. The van der Waals surface area contributed by atoms with Crippen LogP contribution in [-0.2, 0) is 24.3 Å². The molecule has 0 unspecified atom stereocenters. The van der Waals surface area contributed by atoms with E-state index in [-0.39, 0.29) is 5.91 Å². The Kier molecular flexibility index (Phi) is 6.58. The summed E-state index contributed by atoms with van der Waals surface area (Å²) in [7, 11) is 0. The quantitative estimate of drug-likeness (QED) is 0.472. The largest absolute Gasteiger partial charge is 0.467 e. The van der Waals surface area contributed by atoms with Gasteiger partial charge in [-0.25, -0.2) is 0 Å². The van der Waals surface area contributed by atoms with Crippen LogP contribution in [0.15, 0.2) is 68.8 Å². The number of carbonyl (C=O) groups excluding carboxylic acids is 1. The SMILES string of the molecule is CC(C)Sc1ccc(CC(=O)N(Cc2ccsc2)Cc2ccco2)cc1. The molecule has 2 heterocycles. The summed E-state index contributed by atoms with van der Waals surface area (Å²) in [5.41, 5.74) is 2.19. The highest BCUT2D eigenvalue weighted by Crippen LogP contribution is 2.23. The Morgan fingerprint density at radius 1 is 1.12 bits per heavy atom. The molecule has 0 atom stereocenters. The molecule has 2 aromatic heterocycles. The number of nitrogens with zero attached hydrogens (tertiary/aromatic N) is 1. The third kappa shape index (κ3) is 5.51. The van der Waals surface area contributed by atoms with Crippen molar-refractivity contribution in [2.24, 2.45) is 0 Å². The summed E-state index contributed by atoms with van der Waals surface area (Å²) in [6, 6.07) is 14.1. The second-order valence-electron chi connectivity index (χ2n) is 6.45. The predicted molar refractivity (Wildman–Crippen MR) is 108 cm³/mol. The summed E-state index contributed by atoms with van der Waals surface area (Å²) < 4.78 is 5.44. The van der Waals surface area contributed by atoms with E-state index in [9.17, 15) is 4.79 Å². The first-order valence-corrected chi connectivity index (χ1v) is 10.5. The number of thioether (sulfide) groups is 1. The summed E-state index contributed by atoms with van der Waals surface area (Å²) in [6.45, 7) is 5.45. The maximum absolute atomic E-state index is 12.9. The van der Waals surface area contributed by atoms with Gasteiger partial charge in [0.05, 0.1) is 19.2 Å². The van der Waals surface area contributed by atoms with Crippen LogP contribution < -0.4 is 0 Å². The van der Waals surface area contributed by atoms with Gasteiger partial charge in [0.2, 0.25) is 5.91 Å². The fourth-order valence-electron chi connectivity index (χ4n) is 2.67. The van der Waals surface area contributed by atoms with Crippen LogP contribution in [0.3, 0.4) is 0 Å². The van der Waals surface area contributed by atoms with Gasteiger partial charge >= 0.3 is 0 Å². The topological polar surface area (TPSA) is 33.5 Å². The lowest BCUT2D eigenvalue weighted by atomic mass is 10.1. The van der Waals surface area contributed by atoms with Gasteiger partial charge < -0.3 is 9.32 Å². The second kappa shape index (κ2) is 9.10. The number of amides is 1. The normalized spacial score (nSPS) is 11.0. The second-order valence-corrected chi connectivity index (χ2v) is 8.88. The fraction of sp³-hybridized carbons (Fsp3) is 0.286. The van der Waals surface area contributed by atoms with E-state index in [0.29, 0.717) is 24.8 Å². The number of hydrogen-bond donors (Lipinski definition) is 0. The Hall–Kier alpha value is -1.98. The highest BCUT2D eigenvalue weighted by molar-refractivity contribution is 7.99. The van der Waals surface area contributed by atoms with Crippen molar-refractivity contribution >= 4 is 29.0 Å². The van der Waals surface area contributed by atoms with Gasteiger partial charge in [0.25, 0.3) is 0 Å². The summed E-state index contributed by atoms with van der Waals surface area (Å²) >= 11 is 3.48. The van der Waals surface area contributed by atoms with E-state index in [4.69, 9.17) is 4.42 Å². The molecule has 0 aliphatic carbocycles. The first kappa shape index (κ1) is 18.8. The Bertz CT molecular complexity index is 757. The van der Waals surface area contributed by atoms with E-state index in [2.05, 4.69) is 49.6 Å². The molecular formula is C21H23NO2S2. The van der Waals surface area contributed by atoms with Gasteiger partial charge in [0.1, 0.15) is 5.76 Å². The Labute approximate surface area is 163 Å². The van der Waals surface area contributed by atoms with Crippen LogP contribution in [0.5, 0.6) is 0 Å². The van der Waals surface area contributed by atoms with Crippen LogP contribution in [0.25, 0.3) is 0 Å². The van der Waals surface area contributed by atoms with Gasteiger partial charge in [0, 0.05) is 16.7 Å². The van der Waals surface area contributed by atoms with Gasteiger partial charge in [-0.05, 0) is 52.2 Å². The van der Waals surface area contributed by atoms with Crippen LogP contribution in [0, 0.1) is 0 Å². The number of carbonyl (C=O) groups is 1. The van der Waals surface area contributed by atoms with Crippen LogP contribution in [0.4, 0.5) is 0 Å². The van der Waals surface area contributed by atoms with Crippen LogP contribution in [0.1, 0.15) is 30.7 Å². The van der Waals surface area contributed by atoms with Crippen molar-refractivity contribution in [3.63, 3.8) is 0 Å². The summed E-state index contributed by atoms with van der Waals surface area (Å²) in [5, 5.41) is 4.67. The maximum atomic E-state index is 12.9. The molecule has 0 aliphatic rings. The molecule has 26 heavy (non-hydrogen) atoms. The summed E-state index contributed by atoms with van der Waals surface area (Å²) in [5.74, 6) is 0.911. The first-order chi connectivity index (χ1) is 12.6. The molecule has 3 aromatic rings. The standard InChI is InChI=1S/C21H23NO2S2/c1-16(2)26-20-7-5-17(6-8-20)12-21(23)22(13-18-9-11-25-15-18)14-19-4-3-10-24-19/h3-11,15-16H,12-14H2,1-2H3. The number of rotatable bonds is 8. The van der Waals surface area contributed by atoms with Gasteiger partial charge in [-0.2, -0.15) is 11.3 Å². The zero-order chi connectivity index (χ0) is 18.4. The van der Waals surface area contributed by atoms with Crippen LogP contribution in [-0.4, -0.2) is 16.1 Å². The van der Waals surface area contributed by atoms with Gasteiger partial charge in [-0.1, -0.05) is 26.0 Å². The Balaban J connectivity index is 1.68. The van der Waals surface area contributed by atoms with Crippen molar-refractivity contribution < 1.29 is 9.21 Å². The molecule has 1 amide bonds. The number of benzene rings is 1. The van der Waals surface area contributed by atoms with E-state index in [0.717, 1.165) is 16.9 Å². The fourth-order valence-corrected chi connectivity index (χ4v) is 4.17. The number of thiophene rings is 1. The first-order valence-electron chi connectivity index (χ1n) is 8.67. The molecule has 5 heteroatoms. The predicted octanol–water partition coefficient (Wildman–Crippen LogP) is 5.61. The molecule has 0 fully saturated rings. The number of hydrogen-bond acceptors (Lipinski definition) is 4. The third-order valence-corrected chi connectivity index (χ3v) is 5.63. The minimum Gasteiger partial charge on any atom is -0.467 e.